The number of thiazole rings is 1. The Balaban J connectivity index is 2.23. The molecule has 0 fully saturated rings. The fourth-order valence-corrected chi connectivity index (χ4v) is 3.14. The molecule has 2 aromatic rings. The molecule has 0 saturated carbocycles. The molecule has 1 N–H and O–H groups in total. The first-order chi connectivity index (χ1) is 8.31. The number of rotatable bonds is 5. The third-order valence-corrected chi connectivity index (χ3v) is 4.22. The van der Waals surface area contributed by atoms with Gasteiger partial charge in [0.1, 0.15) is 5.82 Å². The molecule has 1 aromatic carbocycles. The van der Waals surface area contributed by atoms with Crippen LogP contribution in [0.3, 0.4) is 0 Å². The lowest BCUT2D eigenvalue weighted by Crippen LogP contribution is -2.13. The molecule has 0 saturated heterocycles. The highest BCUT2D eigenvalue weighted by Crippen LogP contribution is 2.32. The molecular formula is C12H13FN2S2. The molecule has 0 aliphatic carbocycles. The van der Waals surface area contributed by atoms with Gasteiger partial charge in [0, 0.05) is 28.6 Å². The average Bonchev–Trinajstić information content (AvgIpc) is 2.81. The van der Waals surface area contributed by atoms with Crippen LogP contribution in [0.1, 0.15) is 12.5 Å². The molecule has 0 aliphatic rings. The molecule has 1 heterocycles. The Morgan fingerprint density at radius 2 is 2.35 bits per heavy atom. The third kappa shape index (κ3) is 3.28. The maximum absolute atomic E-state index is 13.7. The first-order valence-corrected chi connectivity index (χ1v) is 7.06. The van der Waals surface area contributed by atoms with Crippen molar-refractivity contribution in [2.24, 2.45) is 0 Å². The summed E-state index contributed by atoms with van der Waals surface area (Å²) < 4.78 is 14.7. The van der Waals surface area contributed by atoms with Gasteiger partial charge in [-0.25, -0.2) is 9.37 Å². The normalized spacial score (nSPS) is 10.7. The lowest BCUT2D eigenvalue weighted by molar-refractivity contribution is 0.586. The topological polar surface area (TPSA) is 24.9 Å². The Hall–Kier alpha value is -0.910. The summed E-state index contributed by atoms with van der Waals surface area (Å²) in [6.45, 7) is 3.39. The van der Waals surface area contributed by atoms with Crippen LogP contribution in [-0.4, -0.2) is 11.5 Å². The zero-order valence-electron chi connectivity index (χ0n) is 9.44. The fraction of sp³-hybridized carbons (Fsp3) is 0.250. The van der Waals surface area contributed by atoms with Crippen molar-refractivity contribution in [2.45, 2.75) is 22.7 Å². The maximum Gasteiger partial charge on any atom is 0.154 e. The van der Waals surface area contributed by atoms with Gasteiger partial charge in [-0.1, -0.05) is 24.8 Å². The van der Waals surface area contributed by atoms with E-state index in [1.165, 1.54) is 17.8 Å². The first-order valence-electron chi connectivity index (χ1n) is 5.36. The molecule has 0 unspecified atom stereocenters. The minimum Gasteiger partial charge on any atom is -0.313 e. The van der Waals surface area contributed by atoms with Crippen LogP contribution in [-0.2, 0) is 6.54 Å². The number of benzene rings is 1. The summed E-state index contributed by atoms with van der Waals surface area (Å²) in [6.07, 6.45) is 1.76. The number of nitrogens with zero attached hydrogens (tertiary/aromatic N) is 1. The molecule has 2 nitrogen and oxygen atoms in total. The van der Waals surface area contributed by atoms with Gasteiger partial charge < -0.3 is 5.32 Å². The molecule has 0 radical (unpaired) electrons. The number of hydrogen-bond donors (Lipinski definition) is 1. The van der Waals surface area contributed by atoms with Crippen molar-refractivity contribution in [1.29, 1.82) is 0 Å². The van der Waals surface area contributed by atoms with Crippen molar-refractivity contribution in [3.8, 4) is 0 Å². The average molecular weight is 268 g/mol. The molecule has 5 heteroatoms. The molecule has 0 aliphatic heterocycles. The number of aromatic nitrogens is 1. The summed E-state index contributed by atoms with van der Waals surface area (Å²) >= 11 is 3.08. The van der Waals surface area contributed by atoms with Gasteiger partial charge in [0.15, 0.2) is 4.34 Å². The van der Waals surface area contributed by atoms with Crippen molar-refractivity contribution in [3.63, 3.8) is 0 Å². The molecule has 0 spiro atoms. The van der Waals surface area contributed by atoms with E-state index in [2.05, 4.69) is 10.3 Å². The van der Waals surface area contributed by atoms with Crippen molar-refractivity contribution >= 4 is 23.1 Å². The highest BCUT2D eigenvalue weighted by Gasteiger charge is 2.10. The number of nitrogens with one attached hydrogen (secondary N) is 1. The molecule has 0 amide bonds. The molecular weight excluding hydrogens is 255 g/mol. The minimum absolute atomic E-state index is 0.160. The smallest absolute Gasteiger partial charge is 0.154 e. The van der Waals surface area contributed by atoms with Gasteiger partial charge in [-0.2, -0.15) is 0 Å². The fourth-order valence-electron chi connectivity index (χ4n) is 1.41. The van der Waals surface area contributed by atoms with Crippen LogP contribution in [0.15, 0.2) is 39.0 Å². The van der Waals surface area contributed by atoms with Crippen molar-refractivity contribution in [3.05, 3.63) is 41.2 Å². The Morgan fingerprint density at radius 1 is 1.47 bits per heavy atom. The predicted octanol–water partition coefficient (Wildman–Crippen LogP) is 3.54. The lowest BCUT2D eigenvalue weighted by Gasteiger charge is -2.09. The van der Waals surface area contributed by atoms with Crippen LogP contribution in [0, 0.1) is 5.82 Å². The predicted molar refractivity (Wildman–Crippen MR) is 70.0 cm³/mol. The second-order valence-corrected chi connectivity index (χ2v) is 5.58. The molecule has 0 bridgehead atoms. The minimum atomic E-state index is -0.160. The molecule has 1 aromatic heterocycles. The van der Waals surface area contributed by atoms with Crippen molar-refractivity contribution < 1.29 is 4.39 Å². The monoisotopic (exact) mass is 268 g/mol. The van der Waals surface area contributed by atoms with Crippen molar-refractivity contribution in [2.75, 3.05) is 6.54 Å². The highest BCUT2D eigenvalue weighted by atomic mass is 32.2. The quantitative estimate of drug-likeness (QED) is 0.897. The van der Waals surface area contributed by atoms with Gasteiger partial charge >= 0.3 is 0 Å². The summed E-state index contributed by atoms with van der Waals surface area (Å²) in [6, 6.07) is 5.17. The molecule has 90 valence electrons. The second kappa shape index (κ2) is 6.14. The molecule has 0 atom stereocenters. The lowest BCUT2D eigenvalue weighted by atomic mass is 10.2. The van der Waals surface area contributed by atoms with E-state index in [1.807, 2.05) is 18.4 Å². The maximum atomic E-state index is 13.7. The van der Waals surface area contributed by atoms with Crippen LogP contribution < -0.4 is 5.32 Å². The van der Waals surface area contributed by atoms with E-state index in [-0.39, 0.29) is 5.82 Å². The standard InChI is InChI=1S/C12H13FN2S2/c1-2-14-8-9-10(13)4-3-5-11(9)17-12-15-6-7-16-12/h3-7,14H,2,8H2,1H3. The summed E-state index contributed by atoms with van der Waals surface area (Å²) in [5.41, 5.74) is 0.717. The van der Waals surface area contributed by atoms with Gasteiger partial charge in [0.25, 0.3) is 0 Å². The molecule has 2 rings (SSSR count). The van der Waals surface area contributed by atoms with Crippen LogP contribution in [0.5, 0.6) is 0 Å². The summed E-state index contributed by atoms with van der Waals surface area (Å²) in [5, 5.41) is 5.08. The summed E-state index contributed by atoms with van der Waals surface area (Å²) in [4.78, 5) is 5.13. The zero-order valence-corrected chi connectivity index (χ0v) is 11.1. The van der Waals surface area contributed by atoms with Crippen LogP contribution in [0.25, 0.3) is 0 Å². The number of halogens is 1. The number of hydrogen-bond acceptors (Lipinski definition) is 4. The third-order valence-electron chi connectivity index (χ3n) is 2.23. The van der Waals surface area contributed by atoms with E-state index in [9.17, 15) is 4.39 Å². The largest absolute Gasteiger partial charge is 0.313 e. The van der Waals surface area contributed by atoms with Gasteiger partial charge in [-0.3, -0.25) is 0 Å². The van der Waals surface area contributed by atoms with Crippen LogP contribution in [0.2, 0.25) is 0 Å². The highest BCUT2D eigenvalue weighted by molar-refractivity contribution is 8.01. The van der Waals surface area contributed by atoms with Gasteiger partial charge in [-0.05, 0) is 18.7 Å². The summed E-state index contributed by atoms with van der Waals surface area (Å²) in [5.74, 6) is -0.160. The molecule has 17 heavy (non-hydrogen) atoms. The van der Waals surface area contributed by atoms with E-state index < -0.39 is 0 Å². The van der Waals surface area contributed by atoms with Gasteiger partial charge in [0.05, 0.1) is 0 Å². The van der Waals surface area contributed by atoms with E-state index in [0.717, 1.165) is 21.3 Å². The zero-order chi connectivity index (χ0) is 12.1. The Bertz CT molecular complexity index is 471. The first kappa shape index (κ1) is 12.5. The van der Waals surface area contributed by atoms with Gasteiger partial charge in [0.2, 0.25) is 0 Å². The van der Waals surface area contributed by atoms with E-state index in [0.29, 0.717) is 6.54 Å². The Kier molecular flexibility index (Phi) is 4.53. The van der Waals surface area contributed by atoms with Gasteiger partial charge in [-0.15, -0.1) is 11.3 Å². The van der Waals surface area contributed by atoms with E-state index in [4.69, 9.17) is 0 Å². The van der Waals surface area contributed by atoms with Crippen LogP contribution >= 0.6 is 23.1 Å². The Labute approximate surface area is 108 Å². The SMILES string of the molecule is CCNCc1c(F)cccc1Sc1nccs1. The Morgan fingerprint density at radius 3 is 3.06 bits per heavy atom. The second-order valence-electron chi connectivity index (χ2n) is 3.40. The summed E-state index contributed by atoms with van der Waals surface area (Å²) in [7, 11) is 0. The van der Waals surface area contributed by atoms with Crippen LogP contribution in [0.4, 0.5) is 4.39 Å². The van der Waals surface area contributed by atoms with Crippen molar-refractivity contribution in [1.82, 2.24) is 10.3 Å². The van der Waals surface area contributed by atoms with E-state index in [1.54, 1.807) is 23.6 Å². The van der Waals surface area contributed by atoms with E-state index >= 15 is 0 Å².